The molecular formula is C63H46N2S2. The number of rotatable bonds is 4. The van der Waals surface area contributed by atoms with Gasteiger partial charge in [-0.25, -0.2) is 0 Å². The third kappa shape index (κ3) is 5.79. The van der Waals surface area contributed by atoms with E-state index in [9.17, 15) is 0 Å². The molecule has 14 rings (SSSR count). The van der Waals surface area contributed by atoms with Crippen molar-refractivity contribution in [2.45, 2.75) is 48.2 Å². The van der Waals surface area contributed by atoms with Crippen molar-refractivity contribution in [2.75, 3.05) is 0 Å². The Morgan fingerprint density at radius 2 is 1.34 bits per heavy atom. The lowest BCUT2D eigenvalue weighted by Gasteiger charge is -2.24. The fraction of sp³-hybridized carbons (Fsp3) is 0.111. The summed E-state index contributed by atoms with van der Waals surface area (Å²) in [6.07, 6.45) is 17.6. The lowest BCUT2D eigenvalue weighted by molar-refractivity contribution is 0.660. The summed E-state index contributed by atoms with van der Waals surface area (Å²) in [6, 6.07) is 55.2. The SMILES string of the molecule is C=C1/C=C\C=C/SC2=C1CCc1c2c2c3c(ccc2n1-c1cc(-c2ccc4c(c2)C(C)(C)c2ccccc2-4)cc(-c2ccc4c5ccccc5n(-c5ccccc5)c4c2)c1)C1C=CC=CC1S3. The zero-order chi connectivity index (χ0) is 44.5. The van der Waals surface area contributed by atoms with Crippen LogP contribution >= 0.6 is 23.5 Å². The van der Waals surface area contributed by atoms with E-state index in [-0.39, 0.29) is 5.41 Å². The molecule has 0 amide bonds. The van der Waals surface area contributed by atoms with Gasteiger partial charge in [0.15, 0.2) is 0 Å². The van der Waals surface area contributed by atoms with Gasteiger partial charge < -0.3 is 9.13 Å². The van der Waals surface area contributed by atoms with Crippen LogP contribution in [-0.2, 0) is 11.8 Å². The second-order valence-electron chi connectivity index (χ2n) is 19.2. The highest BCUT2D eigenvalue weighted by Gasteiger charge is 2.38. The molecule has 0 fully saturated rings. The first-order valence-electron chi connectivity index (χ1n) is 23.5. The van der Waals surface area contributed by atoms with Crippen molar-refractivity contribution in [1.82, 2.24) is 9.13 Å². The molecule has 5 aliphatic rings. The summed E-state index contributed by atoms with van der Waals surface area (Å²) < 4.78 is 5.08. The lowest BCUT2D eigenvalue weighted by Crippen LogP contribution is -2.14. The molecule has 0 saturated carbocycles. The molecule has 0 saturated heterocycles. The molecule has 7 aromatic carbocycles. The molecule has 0 bridgehead atoms. The van der Waals surface area contributed by atoms with Gasteiger partial charge in [0.1, 0.15) is 0 Å². The molecule has 0 spiro atoms. The van der Waals surface area contributed by atoms with E-state index in [4.69, 9.17) is 0 Å². The number of thioether (sulfide) groups is 2. The largest absolute Gasteiger partial charge is 0.313 e. The fourth-order valence-electron chi connectivity index (χ4n) is 12.0. The van der Waals surface area contributed by atoms with Crippen molar-refractivity contribution in [2.24, 2.45) is 0 Å². The summed E-state index contributed by atoms with van der Waals surface area (Å²) in [4.78, 5) is 2.78. The Morgan fingerprint density at radius 3 is 2.24 bits per heavy atom. The van der Waals surface area contributed by atoms with Crippen LogP contribution in [-0.4, -0.2) is 14.4 Å². The predicted molar refractivity (Wildman–Crippen MR) is 287 cm³/mol. The minimum Gasteiger partial charge on any atom is -0.313 e. The standard InChI is InChI=1S/C63H46N2S2/c1-38-15-13-14-32-66-61-45(38)28-30-55-59(61)60-56(31-29-51-50-20-9-12-23-58(50)67-62(51)60)65(55)44-34-41(39-24-26-47-46-18-7-10-21-52(46)63(2,3)53(47)36-39)33-42(35-44)40-25-27-49-48-19-8-11-22-54(48)64(57(49)37-40)43-16-5-4-6-17-43/h4-27,29,31-37,50,58H,1,28,30H2,2-3H3/b15-13-,32-14-. The summed E-state index contributed by atoms with van der Waals surface area (Å²) in [7, 11) is 0. The average Bonchev–Trinajstić information content (AvgIpc) is 4.08. The molecule has 320 valence electrons. The van der Waals surface area contributed by atoms with Crippen LogP contribution in [0.4, 0.5) is 0 Å². The Hall–Kier alpha value is -6.98. The number of hydrogen-bond acceptors (Lipinski definition) is 2. The molecule has 0 N–H and O–H groups in total. The van der Waals surface area contributed by atoms with E-state index < -0.39 is 0 Å². The van der Waals surface area contributed by atoms with E-state index in [0.29, 0.717) is 11.2 Å². The minimum atomic E-state index is -0.109. The summed E-state index contributed by atoms with van der Waals surface area (Å²) in [5, 5.41) is 6.57. The van der Waals surface area contributed by atoms with E-state index in [0.717, 1.165) is 24.1 Å². The van der Waals surface area contributed by atoms with E-state index in [1.807, 2.05) is 23.5 Å². The zero-order valence-electron chi connectivity index (χ0n) is 37.5. The number of para-hydroxylation sites is 2. The Labute approximate surface area is 400 Å². The molecule has 4 heterocycles. The van der Waals surface area contributed by atoms with Gasteiger partial charge in [-0.1, -0.05) is 166 Å². The van der Waals surface area contributed by atoms with Crippen LogP contribution in [0.2, 0.25) is 0 Å². The van der Waals surface area contributed by atoms with Crippen molar-refractivity contribution in [3.8, 4) is 44.8 Å². The first-order chi connectivity index (χ1) is 32.9. The van der Waals surface area contributed by atoms with Crippen molar-refractivity contribution in [3.05, 3.63) is 239 Å². The number of hydrogen-bond donors (Lipinski definition) is 0. The molecule has 2 nitrogen and oxygen atoms in total. The zero-order valence-corrected chi connectivity index (χ0v) is 39.1. The molecule has 2 unspecified atom stereocenters. The number of aromatic nitrogens is 2. The van der Waals surface area contributed by atoms with Gasteiger partial charge in [0.25, 0.3) is 0 Å². The van der Waals surface area contributed by atoms with Gasteiger partial charge in [0.05, 0.1) is 16.6 Å². The maximum atomic E-state index is 4.62. The van der Waals surface area contributed by atoms with Crippen molar-refractivity contribution < 1.29 is 0 Å². The van der Waals surface area contributed by atoms with E-state index in [1.54, 1.807) is 0 Å². The molecule has 2 aromatic heterocycles. The Bertz CT molecular complexity index is 3810. The fourth-order valence-corrected chi connectivity index (χ4v) is 14.5. The van der Waals surface area contributed by atoms with Crippen LogP contribution in [0.15, 0.2) is 216 Å². The van der Waals surface area contributed by atoms with Gasteiger partial charge in [0, 0.05) is 65.2 Å². The van der Waals surface area contributed by atoms with Crippen LogP contribution in [0.3, 0.4) is 0 Å². The van der Waals surface area contributed by atoms with Gasteiger partial charge in [-0.3, -0.25) is 0 Å². The third-order valence-corrected chi connectivity index (χ3v) is 17.6. The van der Waals surface area contributed by atoms with Crippen LogP contribution in [0.5, 0.6) is 0 Å². The van der Waals surface area contributed by atoms with Crippen LogP contribution in [0, 0.1) is 0 Å². The Kier molecular flexibility index (Phi) is 8.64. The van der Waals surface area contributed by atoms with Crippen LogP contribution in [0.25, 0.3) is 82.4 Å². The maximum absolute atomic E-state index is 4.62. The maximum Gasteiger partial charge on any atom is 0.0549 e. The number of allylic oxidation sites excluding steroid dienone is 8. The van der Waals surface area contributed by atoms with Crippen LogP contribution < -0.4 is 0 Å². The monoisotopic (exact) mass is 894 g/mol. The smallest absolute Gasteiger partial charge is 0.0549 e. The molecule has 4 heteroatoms. The first kappa shape index (κ1) is 39.2. The molecular weight excluding hydrogens is 849 g/mol. The lowest BCUT2D eigenvalue weighted by atomic mass is 9.81. The summed E-state index contributed by atoms with van der Waals surface area (Å²) in [5.41, 5.74) is 23.0. The number of fused-ring (bicyclic) bond motifs is 14. The van der Waals surface area contributed by atoms with Crippen molar-refractivity contribution in [3.63, 3.8) is 0 Å². The number of benzene rings is 7. The molecule has 9 aromatic rings. The van der Waals surface area contributed by atoms with Crippen LogP contribution in [0.1, 0.15) is 54.1 Å². The first-order valence-corrected chi connectivity index (χ1v) is 25.3. The molecule has 67 heavy (non-hydrogen) atoms. The highest BCUT2D eigenvalue weighted by atomic mass is 32.2. The third-order valence-electron chi connectivity index (χ3n) is 15.2. The Morgan fingerprint density at radius 1 is 0.582 bits per heavy atom. The minimum absolute atomic E-state index is 0.109. The van der Waals surface area contributed by atoms with Gasteiger partial charge >= 0.3 is 0 Å². The summed E-state index contributed by atoms with van der Waals surface area (Å²) in [6.45, 7) is 9.40. The highest BCUT2D eigenvalue weighted by molar-refractivity contribution is 8.11. The molecule has 2 atom stereocenters. The van der Waals surface area contributed by atoms with Gasteiger partial charge in [-0.2, -0.15) is 0 Å². The van der Waals surface area contributed by atoms with Gasteiger partial charge in [-0.05, 0) is 134 Å². The van der Waals surface area contributed by atoms with Crippen molar-refractivity contribution in [1.29, 1.82) is 0 Å². The molecule has 3 aliphatic carbocycles. The quantitative estimate of drug-likeness (QED) is 0.174. The van der Waals surface area contributed by atoms with E-state index in [1.165, 1.54) is 115 Å². The second kappa shape index (κ2) is 14.8. The Balaban J connectivity index is 1.04. The predicted octanol–water partition coefficient (Wildman–Crippen LogP) is 17.1. The molecule has 0 radical (unpaired) electrons. The topological polar surface area (TPSA) is 9.86 Å². The van der Waals surface area contributed by atoms with Crippen molar-refractivity contribution >= 4 is 61.1 Å². The second-order valence-corrected chi connectivity index (χ2v) is 21.3. The normalized spacial score (nSPS) is 19.5. The van der Waals surface area contributed by atoms with E-state index in [2.05, 4.69) is 223 Å². The highest BCUT2D eigenvalue weighted by Crippen LogP contribution is 2.57. The van der Waals surface area contributed by atoms with E-state index >= 15 is 0 Å². The average molecular weight is 895 g/mol. The summed E-state index contributed by atoms with van der Waals surface area (Å²) >= 11 is 3.91. The summed E-state index contributed by atoms with van der Waals surface area (Å²) in [5.74, 6) is 0.375. The number of nitrogens with zero attached hydrogens (tertiary/aromatic N) is 2. The molecule has 2 aliphatic heterocycles. The van der Waals surface area contributed by atoms with Gasteiger partial charge in [0.2, 0.25) is 0 Å². The van der Waals surface area contributed by atoms with Gasteiger partial charge in [-0.15, -0.1) is 11.8 Å².